The van der Waals surface area contributed by atoms with Crippen molar-refractivity contribution in [1.29, 1.82) is 0 Å². The number of piperidine rings is 1. The Bertz CT molecular complexity index is 503. The van der Waals surface area contributed by atoms with E-state index in [1.54, 1.807) is 6.20 Å². The van der Waals surface area contributed by atoms with Crippen LogP contribution in [0, 0.1) is 0 Å². The number of anilines is 1. The van der Waals surface area contributed by atoms with Crippen LogP contribution in [0.3, 0.4) is 0 Å². The van der Waals surface area contributed by atoms with E-state index in [-0.39, 0.29) is 0 Å². The van der Waals surface area contributed by atoms with Gasteiger partial charge in [0, 0.05) is 42.8 Å². The van der Waals surface area contributed by atoms with Crippen LogP contribution in [0.25, 0.3) is 0 Å². The quantitative estimate of drug-likeness (QED) is 0.847. The van der Waals surface area contributed by atoms with E-state index in [1.807, 2.05) is 18.3 Å². The van der Waals surface area contributed by atoms with Gasteiger partial charge in [-0.15, -0.1) is 0 Å². The van der Waals surface area contributed by atoms with Gasteiger partial charge in [0.1, 0.15) is 5.15 Å². The Kier molecular flexibility index (Phi) is 3.19. The molecule has 0 aromatic carbocycles. The first-order chi connectivity index (χ1) is 8.83. The second kappa shape index (κ2) is 4.98. The number of aromatic amines is 1. The number of hydrogen-bond donors (Lipinski definition) is 1. The Morgan fingerprint density at radius 2 is 2.06 bits per heavy atom. The van der Waals surface area contributed by atoms with Crippen LogP contribution in [-0.2, 0) is 0 Å². The molecular weight excluding hydrogens is 248 g/mol. The van der Waals surface area contributed by atoms with Gasteiger partial charge in [-0.3, -0.25) is 5.10 Å². The molecule has 3 rings (SSSR count). The number of nitrogens with one attached hydrogen (secondary N) is 1. The second-order valence-corrected chi connectivity index (χ2v) is 5.00. The third-order valence-electron chi connectivity index (χ3n) is 3.53. The summed E-state index contributed by atoms with van der Waals surface area (Å²) in [5.74, 6) is 0.598. The summed E-state index contributed by atoms with van der Waals surface area (Å²) >= 11 is 5.92. The number of rotatable bonds is 2. The van der Waals surface area contributed by atoms with Gasteiger partial charge in [0.2, 0.25) is 0 Å². The number of hydrogen-bond acceptors (Lipinski definition) is 3. The summed E-state index contributed by atoms with van der Waals surface area (Å²) in [6.45, 7) is 2.09. The first-order valence-corrected chi connectivity index (χ1v) is 6.56. The smallest absolute Gasteiger partial charge is 0.131 e. The van der Waals surface area contributed by atoms with Crippen LogP contribution >= 0.6 is 11.6 Å². The van der Waals surface area contributed by atoms with Crippen molar-refractivity contribution in [2.45, 2.75) is 18.8 Å². The molecule has 0 bridgehead atoms. The first-order valence-electron chi connectivity index (χ1n) is 6.19. The average molecular weight is 263 g/mol. The minimum Gasteiger partial charge on any atom is -0.371 e. The van der Waals surface area contributed by atoms with E-state index in [4.69, 9.17) is 11.6 Å². The molecule has 18 heavy (non-hydrogen) atoms. The van der Waals surface area contributed by atoms with Crippen molar-refractivity contribution in [2.75, 3.05) is 18.0 Å². The van der Waals surface area contributed by atoms with Crippen molar-refractivity contribution < 1.29 is 0 Å². The fraction of sp³-hybridized carbons (Fsp3) is 0.385. The lowest BCUT2D eigenvalue weighted by molar-refractivity contribution is 0.495. The van der Waals surface area contributed by atoms with E-state index >= 15 is 0 Å². The van der Waals surface area contributed by atoms with Crippen LogP contribution in [0.5, 0.6) is 0 Å². The standard InChI is InChI=1S/C13H15ClN4/c14-13-9-11(1-5-15-13)18-7-3-10(4-8-18)12-2-6-16-17-12/h1-2,5-6,9-10H,3-4,7-8H2,(H,16,17). The predicted molar refractivity (Wildman–Crippen MR) is 72.0 cm³/mol. The highest BCUT2D eigenvalue weighted by Crippen LogP contribution is 2.29. The SMILES string of the molecule is Clc1cc(N2CCC(c3ccn[nH]3)CC2)ccn1. The van der Waals surface area contributed by atoms with Crippen molar-refractivity contribution in [3.63, 3.8) is 0 Å². The van der Waals surface area contributed by atoms with Gasteiger partial charge in [-0.2, -0.15) is 5.10 Å². The van der Waals surface area contributed by atoms with Crippen LogP contribution < -0.4 is 4.90 Å². The number of nitrogens with zero attached hydrogens (tertiary/aromatic N) is 3. The third-order valence-corrected chi connectivity index (χ3v) is 3.74. The van der Waals surface area contributed by atoms with Crippen molar-refractivity contribution in [2.24, 2.45) is 0 Å². The van der Waals surface area contributed by atoms with Crippen molar-refractivity contribution in [3.8, 4) is 0 Å². The molecular formula is C13H15ClN4. The molecule has 0 unspecified atom stereocenters. The second-order valence-electron chi connectivity index (χ2n) is 4.61. The van der Waals surface area contributed by atoms with Gasteiger partial charge >= 0.3 is 0 Å². The van der Waals surface area contributed by atoms with Crippen molar-refractivity contribution in [3.05, 3.63) is 41.4 Å². The van der Waals surface area contributed by atoms with E-state index in [1.165, 1.54) is 5.69 Å². The van der Waals surface area contributed by atoms with E-state index in [9.17, 15) is 0 Å². The minimum atomic E-state index is 0.559. The monoisotopic (exact) mass is 262 g/mol. The molecule has 5 heteroatoms. The first kappa shape index (κ1) is 11.5. The molecule has 3 heterocycles. The van der Waals surface area contributed by atoms with Crippen LogP contribution in [0.15, 0.2) is 30.6 Å². The molecule has 0 saturated carbocycles. The number of H-pyrrole nitrogens is 1. The molecule has 1 saturated heterocycles. The van der Waals surface area contributed by atoms with Crippen LogP contribution in [0.2, 0.25) is 5.15 Å². The lowest BCUT2D eigenvalue weighted by Gasteiger charge is -2.33. The van der Waals surface area contributed by atoms with E-state index in [2.05, 4.69) is 26.1 Å². The van der Waals surface area contributed by atoms with E-state index in [0.29, 0.717) is 11.1 Å². The van der Waals surface area contributed by atoms with Crippen molar-refractivity contribution in [1.82, 2.24) is 15.2 Å². The third kappa shape index (κ3) is 2.34. The summed E-state index contributed by atoms with van der Waals surface area (Å²) in [7, 11) is 0. The summed E-state index contributed by atoms with van der Waals surface area (Å²) in [6.07, 6.45) is 5.87. The van der Waals surface area contributed by atoms with Gasteiger partial charge in [0.25, 0.3) is 0 Å². The van der Waals surface area contributed by atoms with Gasteiger partial charge in [-0.1, -0.05) is 11.6 Å². The molecule has 0 radical (unpaired) electrons. The molecule has 1 aliphatic rings. The summed E-state index contributed by atoms with van der Waals surface area (Å²) in [5.41, 5.74) is 2.42. The topological polar surface area (TPSA) is 44.8 Å². The maximum absolute atomic E-state index is 5.92. The van der Waals surface area contributed by atoms with Gasteiger partial charge in [-0.05, 0) is 31.0 Å². The molecule has 0 amide bonds. The zero-order valence-corrected chi connectivity index (χ0v) is 10.8. The summed E-state index contributed by atoms with van der Waals surface area (Å²) in [6, 6.07) is 6.02. The zero-order valence-electron chi connectivity index (χ0n) is 10.0. The Morgan fingerprint density at radius 3 is 2.72 bits per heavy atom. The average Bonchev–Trinajstić information content (AvgIpc) is 2.93. The van der Waals surface area contributed by atoms with Gasteiger partial charge in [0.05, 0.1) is 0 Å². The van der Waals surface area contributed by atoms with E-state index < -0.39 is 0 Å². The lowest BCUT2D eigenvalue weighted by atomic mass is 9.93. The maximum Gasteiger partial charge on any atom is 0.131 e. The van der Waals surface area contributed by atoms with Crippen molar-refractivity contribution >= 4 is 17.3 Å². The lowest BCUT2D eigenvalue weighted by Crippen LogP contribution is -2.32. The minimum absolute atomic E-state index is 0.559. The van der Waals surface area contributed by atoms with Crippen LogP contribution in [0.1, 0.15) is 24.5 Å². The van der Waals surface area contributed by atoms with Gasteiger partial charge in [0.15, 0.2) is 0 Å². The number of pyridine rings is 1. The molecule has 0 atom stereocenters. The predicted octanol–water partition coefficient (Wildman–Crippen LogP) is 2.84. The number of halogens is 1. The molecule has 4 nitrogen and oxygen atoms in total. The zero-order chi connectivity index (χ0) is 12.4. The van der Waals surface area contributed by atoms with Crippen LogP contribution in [0.4, 0.5) is 5.69 Å². The molecule has 1 N–H and O–H groups in total. The van der Waals surface area contributed by atoms with Gasteiger partial charge in [-0.25, -0.2) is 4.98 Å². The fourth-order valence-corrected chi connectivity index (χ4v) is 2.70. The summed E-state index contributed by atoms with van der Waals surface area (Å²) in [5, 5.41) is 7.65. The number of aromatic nitrogens is 3. The molecule has 1 fully saturated rings. The van der Waals surface area contributed by atoms with E-state index in [0.717, 1.165) is 31.6 Å². The maximum atomic E-state index is 5.92. The fourth-order valence-electron chi connectivity index (χ4n) is 2.53. The Labute approximate surface area is 111 Å². The molecule has 0 aliphatic carbocycles. The molecule has 2 aromatic heterocycles. The molecule has 1 aliphatic heterocycles. The van der Waals surface area contributed by atoms with Gasteiger partial charge < -0.3 is 4.90 Å². The Balaban J connectivity index is 1.67. The molecule has 0 spiro atoms. The molecule has 94 valence electrons. The highest BCUT2D eigenvalue weighted by atomic mass is 35.5. The largest absolute Gasteiger partial charge is 0.371 e. The summed E-state index contributed by atoms with van der Waals surface area (Å²) in [4.78, 5) is 6.38. The highest BCUT2D eigenvalue weighted by Gasteiger charge is 2.21. The highest BCUT2D eigenvalue weighted by molar-refractivity contribution is 6.29. The van der Waals surface area contributed by atoms with Crippen LogP contribution in [-0.4, -0.2) is 28.3 Å². The normalized spacial score (nSPS) is 17.1. The Morgan fingerprint density at radius 1 is 1.22 bits per heavy atom. The summed E-state index contributed by atoms with van der Waals surface area (Å²) < 4.78 is 0. The molecule has 2 aromatic rings. The Hall–Kier alpha value is -1.55.